The van der Waals surface area contributed by atoms with Crippen LogP contribution in [0.2, 0.25) is 5.02 Å². The molecule has 1 aromatic heterocycles. The average Bonchev–Trinajstić information content (AvgIpc) is 2.47. The predicted molar refractivity (Wildman–Crippen MR) is 79.3 cm³/mol. The fourth-order valence-electron chi connectivity index (χ4n) is 2.16. The average molecular weight is 305 g/mol. The highest BCUT2D eigenvalue weighted by Gasteiger charge is 2.09. The number of aromatic nitrogens is 2. The Morgan fingerprint density at radius 2 is 1.90 bits per heavy atom. The molecule has 21 heavy (non-hydrogen) atoms. The molecule has 6 heteroatoms. The third kappa shape index (κ3) is 2.48. The second-order valence-corrected chi connectivity index (χ2v) is 5.02. The molecule has 0 unspecified atom stereocenters. The van der Waals surface area contributed by atoms with Crippen LogP contribution in [0.5, 0.6) is 0 Å². The van der Waals surface area contributed by atoms with Crippen molar-refractivity contribution in [3.8, 4) is 0 Å². The molecule has 1 N–H and O–H groups in total. The Bertz CT molecular complexity index is 946. The molecule has 0 radical (unpaired) electrons. The van der Waals surface area contributed by atoms with Gasteiger partial charge in [0, 0.05) is 0 Å². The summed E-state index contributed by atoms with van der Waals surface area (Å²) in [6, 6.07) is 10.9. The van der Waals surface area contributed by atoms with E-state index < -0.39 is 17.1 Å². The van der Waals surface area contributed by atoms with Gasteiger partial charge in [-0.2, -0.15) is 0 Å². The molecule has 4 nitrogen and oxygen atoms in total. The van der Waals surface area contributed by atoms with Gasteiger partial charge in [0.1, 0.15) is 5.82 Å². The second-order valence-electron chi connectivity index (χ2n) is 4.62. The molecule has 0 aliphatic carbocycles. The summed E-state index contributed by atoms with van der Waals surface area (Å²) in [6.07, 6.45) is 0. The quantitative estimate of drug-likeness (QED) is 0.791. The molecule has 0 fully saturated rings. The van der Waals surface area contributed by atoms with Crippen LogP contribution in [0.1, 0.15) is 5.56 Å². The van der Waals surface area contributed by atoms with Crippen LogP contribution in [0.4, 0.5) is 4.39 Å². The molecule has 0 bridgehead atoms. The maximum absolute atomic E-state index is 13.1. The molecule has 106 valence electrons. The van der Waals surface area contributed by atoms with E-state index in [-0.39, 0.29) is 11.6 Å². The molecule has 1 heterocycles. The summed E-state index contributed by atoms with van der Waals surface area (Å²) >= 11 is 5.71. The number of hydrogen-bond donors (Lipinski definition) is 1. The van der Waals surface area contributed by atoms with Gasteiger partial charge in [0.05, 0.1) is 22.5 Å². The molecule has 0 saturated carbocycles. The molecule has 3 aromatic rings. The van der Waals surface area contributed by atoms with Crippen molar-refractivity contribution in [2.45, 2.75) is 6.54 Å². The van der Waals surface area contributed by atoms with Crippen LogP contribution in [0.25, 0.3) is 10.9 Å². The number of rotatable bonds is 2. The lowest BCUT2D eigenvalue weighted by Crippen LogP contribution is -2.35. The topological polar surface area (TPSA) is 54.9 Å². The number of hydrogen-bond acceptors (Lipinski definition) is 2. The van der Waals surface area contributed by atoms with E-state index in [2.05, 4.69) is 4.98 Å². The van der Waals surface area contributed by atoms with E-state index >= 15 is 0 Å². The summed E-state index contributed by atoms with van der Waals surface area (Å²) in [5, 5.41) is 0.378. The summed E-state index contributed by atoms with van der Waals surface area (Å²) in [7, 11) is 0. The second kappa shape index (κ2) is 5.18. The summed E-state index contributed by atoms with van der Waals surface area (Å²) in [6.45, 7) is 0.0268. The van der Waals surface area contributed by atoms with Gasteiger partial charge in [0.2, 0.25) is 0 Å². The van der Waals surface area contributed by atoms with Crippen LogP contribution in [-0.4, -0.2) is 9.55 Å². The Balaban J connectivity index is 2.14. The van der Waals surface area contributed by atoms with Crippen molar-refractivity contribution < 1.29 is 4.39 Å². The Morgan fingerprint density at radius 1 is 1.14 bits per heavy atom. The van der Waals surface area contributed by atoms with Crippen molar-refractivity contribution in [2.75, 3.05) is 0 Å². The first kappa shape index (κ1) is 13.6. The molecule has 2 aromatic carbocycles. The van der Waals surface area contributed by atoms with Crippen LogP contribution >= 0.6 is 11.6 Å². The number of nitrogens with one attached hydrogen (secondary N) is 1. The van der Waals surface area contributed by atoms with Crippen molar-refractivity contribution >= 4 is 22.5 Å². The normalized spacial score (nSPS) is 11.0. The zero-order chi connectivity index (χ0) is 15.0. The fourth-order valence-corrected chi connectivity index (χ4v) is 2.37. The summed E-state index contributed by atoms with van der Waals surface area (Å²) in [4.78, 5) is 27.0. The third-order valence-corrected chi connectivity index (χ3v) is 3.50. The van der Waals surface area contributed by atoms with Gasteiger partial charge in [0.15, 0.2) is 0 Å². The smallest absolute Gasteiger partial charge is 0.307 e. The molecule has 0 amide bonds. The van der Waals surface area contributed by atoms with E-state index in [0.717, 1.165) is 4.57 Å². The maximum atomic E-state index is 13.1. The van der Waals surface area contributed by atoms with Gasteiger partial charge in [-0.15, -0.1) is 0 Å². The minimum atomic E-state index is -0.541. The van der Waals surface area contributed by atoms with Crippen LogP contribution in [-0.2, 0) is 6.54 Å². The largest absolute Gasteiger partial charge is 0.329 e. The van der Waals surface area contributed by atoms with Crippen LogP contribution in [0.3, 0.4) is 0 Å². The lowest BCUT2D eigenvalue weighted by molar-refractivity contribution is 0.626. The number of H-pyrrole nitrogens is 1. The highest BCUT2D eigenvalue weighted by atomic mass is 35.5. The Hall–Kier alpha value is -2.40. The van der Waals surface area contributed by atoms with E-state index in [1.165, 1.54) is 18.2 Å². The van der Waals surface area contributed by atoms with Crippen molar-refractivity contribution in [3.05, 3.63) is 79.7 Å². The van der Waals surface area contributed by atoms with Crippen molar-refractivity contribution in [1.29, 1.82) is 0 Å². The first-order chi connectivity index (χ1) is 10.1. The molecular formula is C15H10ClFN2O2. The van der Waals surface area contributed by atoms with Gasteiger partial charge in [-0.05, 0) is 29.8 Å². The van der Waals surface area contributed by atoms with Gasteiger partial charge in [-0.1, -0.05) is 29.8 Å². The molecular weight excluding hydrogens is 295 g/mol. The SMILES string of the molecule is O=c1[nH]c2ccccc2c(=O)n1Cc1ccc(F)c(Cl)c1. The Labute approximate surface area is 123 Å². The van der Waals surface area contributed by atoms with Crippen LogP contribution < -0.4 is 11.2 Å². The summed E-state index contributed by atoms with van der Waals surface area (Å²) in [5.74, 6) is -0.541. The number of fused-ring (bicyclic) bond motifs is 1. The minimum absolute atomic E-state index is 0.0268. The van der Waals surface area contributed by atoms with E-state index in [4.69, 9.17) is 11.6 Å². The first-order valence-corrected chi connectivity index (χ1v) is 6.60. The van der Waals surface area contributed by atoms with Crippen LogP contribution in [0, 0.1) is 5.82 Å². The number of benzene rings is 2. The lowest BCUT2D eigenvalue weighted by atomic mass is 10.2. The standard InChI is InChI=1S/C15H10ClFN2O2/c16-11-7-9(5-6-12(11)17)8-19-14(20)10-3-1-2-4-13(10)18-15(19)21/h1-7H,8H2,(H,18,21). The van der Waals surface area contributed by atoms with Crippen molar-refractivity contribution in [1.82, 2.24) is 9.55 Å². The van der Waals surface area contributed by atoms with Crippen molar-refractivity contribution in [2.24, 2.45) is 0 Å². The molecule has 0 aliphatic heterocycles. The summed E-state index contributed by atoms with van der Waals surface area (Å²) < 4.78 is 14.2. The zero-order valence-corrected chi connectivity index (χ0v) is 11.5. The molecule has 3 rings (SSSR count). The van der Waals surface area contributed by atoms with E-state index in [0.29, 0.717) is 16.5 Å². The molecule has 0 aliphatic rings. The summed E-state index contributed by atoms with van der Waals surface area (Å²) in [5.41, 5.74) is 0.152. The van der Waals surface area contributed by atoms with Gasteiger partial charge >= 0.3 is 5.69 Å². The highest BCUT2D eigenvalue weighted by molar-refractivity contribution is 6.30. The Morgan fingerprint density at radius 3 is 2.67 bits per heavy atom. The van der Waals surface area contributed by atoms with Gasteiger partial charge < -0.3 is 4.98 Å². The maximum Gasteiger partial charge on any atom is 0.329 e. The van der Waals surface area contributed by atoms with Gasteiger partial charge in [-0.25, -0.2) is 9.18 Å². The van der Waals surface area contributed by atoms with Crippen LogP contribution in [0.15, 0.2) is 52.1 Å². The van der Waals surface area contributed by atoms with E-state index in [1.54, 1.807) is 24.3 Å². The number of aromatic amines is 1. The van der Waals surface area contributed by atoms with Gasteiger partial charge in [-0.3, -0.25) is 9.36 Å². The predicted octanol–water partition coefficient (Wildman–Crippen LogP) is 2.53. The molecule has 0 atom stereocenters. The molecule has 0 saturated heterocycles. The number of halogens is 2. The third-order valence-electron chi connectivity index (χ3n) is 3.21. The zero-order valence-electron chi connectivity index (χ0n) is 10.8. The van der Waals surface area contributed by atoms with E-state index in [9.17, 15) is 14.0 Å². The molecule has 0 spiro atoms. The minimum Gasteiger partial charge on any atom is -0.307 e. The fraction of sp³-hybridized carbons (Fsp3) is 0.0667. The monoisotopic (exact) mass is 304 g/mol. The van der Waals surface area contributed by atoms with E-state index in [1.807, 2.05) is 0 Å². The first-order valence-electron chi connectivity index (χ1n) is 6.22. The lowest BCUT2D eigenvalue weighted by Gasteiger charge is -2.07. The van der Waals surface area contributed by atoms with Crippen molar-refractivity contribution in [3.63, 3.8) is 0 Å². The highest BCUT2D eigenvalue weighted by Crippen LogP contribution is 2.16. The van der Waals surface area contributed by atoms with Gasteiger partial charge in [0.25, 0.3) is 5.56 Å². The Kier molecular flexibility index (Phi) is 3.35. The number of para-hydroxylation sites is 1. The number of nitrogens with zero attached hydrogens (tertiary/aromatic N) is 1.